The summed E-state index contributed by atoms with van der Waals surface area (Å²) in [5, 5.41) is 7.93. The largest absolute Gasteiger partial charge is 0.473 e. The second kappa shape index (κ2) is 4.75. The Morgan fingerprint density at radius 1 is 1.50 bits per heavy atom. The molecule has 0 saturated carbocycles. The molecule has 0 saturated heterocycles. The smallest absolute Gasteiger partial charge is 0.449 e. The summed E-state index contributed by atoms with van der Waals surface area (Å²) in [7, 11) is 0. The van der Waals surface area contributed by atoms with Crippen LogP contribution in [0.1, 0.15) is 13.3 Å². The third-order valence-corrected chi connectivity index (χ3v) is 0.597. The molecule has 1 N–H and O–H groups in total. The van der Waals surface area contributed by atoms with Crippen LogP contribution in [0.4, 0.5) is 0 Å². The van der Waals surface area contributed by atoms with Gasteiger partial charge in [-0.15, -0.1) is 0 Å². The predicted molar refractivity (Wildman–Crippen MR) is 30.0 cm³/mol. The zero-order chi connectivity index (χ0) is 7.98. The Hall–Kier alpha value is -1.10. The van der Waals surface area contributed by atoms with Crippen molar-refractivity contribution in [2.45, 2.75) is 13.3 Å². The van der Waals surface area contributed by atoms with Crippen LogP contribution in [0.5, 0.6) is 0 Å². The number of aliphatic carboxylic acids is 1. The summed E-state index contributed by atoms with van der Waals surface area (Å²) in [6.07, 6.45) is 0.660. The van der Waals surface area contributed by atoms with Crippen LogP contribution in [-0.2, 0) is 19.4 Å². The van der Waals surface area contributed by atoms with E-state index >= 15 is 0 Å². The second-order valence-corrected chi connectivity index (χ2v) is 1.50. The summed E-state index contributed by atoms with van der Waals surface area (Å²) >= 11 is 0. The Kier molecular flexibility index (Phi) is 4.23. The van der Waals surface area contributed by atoms with Gasteiger partial charge in [-0.2, -0.15) is 4.89 Å². The van der Waals surface area contributed by atoms with Crippen molar-refractivity contribution in [3.63, 3.8) is 0 Å². The fourth-order valence-electron chi connectivity index (χ4n) is 0.214. The molecule has 0 aromatic carbocycles. The molecule has 0 amide bonds. The van der Waals surface area contributed by atoms with Gasteiger partial charge in [-0.1, -0.05) is 6.92 Å². The molecule has 0 heterocycles. The van der Waals surface area contributed by atoms with Crippen molar-refractivity contribution >= 4 is 11.9 Å². The second-order valence-electron chi connectivity index (χ2n) is 1.50. The van der Waals surface area contributed by atoms with Gasteiger partial charge < -0.3 is 5.11 Å². The Balaban J connectivity index is 3.31. The van der Waals surface area contributed by atoms with Crippen molar-refractivity contribution < 1.29 is 24.5 Å². The lowest BCUT2D eigenvalue weighted by molar-refractivity contribution is -0.271. The third-order valence-electron chi connectivity index (χ3n) is 0.597. The summed E-state index contributed by atoms with van der Waals surface area (Å²) in [6, 6.07) is 0. The number of carboxylic acid groups (broad SMARTS) is 1. The molecule has 0 radical (unpaired) electrons. The van der Waals surface area contributed by atoms with Gasteiger partial charge in [-0.25, -0.2) is 9.59 Å². The highest BCUT2D eigenvalue weighted by atomic mass is 17.2. The lowest BCUT2D eigenvalue weighted by atomic mass is 10.5. The van der Waals surface area contributed by atoms with Crippen LogP contribution in [0.3, 0.4) is 0 Å². The monoisotopic (exact) mass is 148 g/mol. The molecule has 0 aliphatic carbocycles. The molecular formula is C5H8O5. The van der Waals surface area contributed by atoms with Crippen molar-refractivity contribution in [3.05, 3.63) is 0 Å². The summed E-state index contributed by atoms with van der Waals surface area (Å²) in [4.78, 5) is 27.8. The SMILES string of the molecule is CCCOOC(=O)C(=O)O. The summed E-state index contributed by atoms with van der Waals surface area (Å²) in [5.74, 6) is -3.05. The Morgan fingerprint density at radius 2 is 2.10 bits per heavy atom. The first-order valence-corrected chi connectivity index (χ1v) is 2.75. The van der Waals surface area contributed by atoms with Gasteiger partial charge in [0.1, 0.15) is 0 Å². The zero-order valence-electron chi connectivity index (χ0n) is 5.49. The van der Waals surface area contributed by atoms with E-state index in [4.69, 9.17) is 5.11 Å². The summed E-state index contributed by atoms with van der Waals surface area (Å²) < 4.78 is 0. The van der Waals surface area contributed by atoms with Crippen LogP contribution in [0, 0.1) is 0 Å². The van der Waals surface area contributed by atoms with Gasteiger partial charge in [0.2, 0.25) is 0 Å². The maximum Gasteiger partial charge on any atom is 0.449 e. The first kappa shape index (κ1) is 8.90. The molecule has 10 heavy (non-hydrogen) atoms. The normalized spacial score (nSPS) is 8.90. The Bertz CT molecular complexity index is 130. The van der Waals surface area contributed by atoms with E-state index in [2.05, 4.69) is 9.78 Å². The first-order valence-electron chi connectivity index (χ1n) is 2.75. The summed E-state index contributed by atoms with van der Waals surface area (Å²) in [5.41, 5.74) is 0. The van der Waals surface area contributed by atoms with Gasteiger partial charge >= 0.3 is 11.9 Å². The number of carbonyl (C=O) groups excluding carboxylic acids is 1. The van der Waals surface area contributed by atoms with E-state index in [1.165, 1.54) is 0 Å². The minimum Gasteiger partial charge on any atom is -0.473 e. The number of hydrogen-bond donors (Lipinski definition) is 1. The molecule has 0 fully saturated rings. The molecule has 0 spiro atoms. The molecule has 0 aromatic heterocycles. The van der Waals surface area contributed by atoms with E-state index in [0.717, 1.165) is 0 Å². The molecule has 5 nitrogen and oxygen atoms in total. The highest BCUT2D eigenvalue weighted by molar-refractivity contribution is 6.28. The Morgan fingerprint density at radius 3 is 2.50 bits per heavy atom. The number of rotatable bonds is 3. The van der Waals surface area contributed by atoms with Gasteiger partial charge in [0, 0.05) is 0 Å². The molecule has 58 valence electrons. The van der Waals surface area contributed by atoms with Crippen LogP contribution in [0.25, 0.3) is 0 Å². The van der Waals surface area contributed by atoms with Crippen LogP contribution >= 0.6 is 0 Å². The molecule has 0 bridgehead atoms. The minimum atomic E-state index is -1.66. The molecule has 0 atom stereocenters. The topological polar surface area (TPSA) is 72.8 Å². The maximum absolute atomic E-state index is 10.1. The minimum absolute atomic E-state index is 0.207. The lowest BCUT2D eigenvalue weighted by Crippen LogP contribution is -2.16. The van der Waals surface area contributed by atoms with Crippen molar-refractivity contribution in [2.24, 2.45) is 0 Å². The molecule has 0 aliphatic heterocycles. The fraction of sp³-hybridized carbons (Fsp3) is 0.600. The van der Waals surface area contributed by atoms with Gasteiger partial charge in [0.25, 0.3) is 0 Å². The van der Waals surface area contributed by atoms with Gasteiger partial charge in [0.05, 0.1) is 6.61 Å². The first-order chi connectivity index (χ1) is 4.68. The summed E-state index contributed by atoms with van der Waals surface area (Å²) in [6.45, 7) is 2.01. The quantitative estimate of drug-likeness (QED) is 0.263. The van der Waals surface area contributed by atoms with Crippen LogP contribution in [-0.4, -0.2) is 23.7 Å². The molecular weight excluding hydrogens is 140 g/mol. The van der Waals surface area contributed by atoms with Crippen molar-refractivity contribution in [1.29, 1.82) is 0 Å². The maximum atomic E-state index is 10.1. The standard InChI is InChI=1S/C5H8O5/c1-2-3-9-10-5(8)4(6)7/h2-3H2,1H3,(H,6,7). The Labute approximate surface area is 57.5 Å². The lowest BCUT2D eigenvalue weighted by Gasteiger charge is -1.96. The van der Waals surface area contributed by atoms with Crippen LogP contribution in [0.2, 0.25) is 0 Å². The zero-order valence-corrected chi connectivity index (χ0v) is 5.49. The number of carbonyl (C=O) groups is 2. The third kappa shape index (κ3) is 3.85. The van der Waals surface area contributed by atoms with Crippen molar-refractivity contribution in [1.82, 2.24) is 0 Å². The van der Waals surface area contributed by atoms with Crippen LogP contribution < -0.4 is 0 Å². The van der Waals surface area contributed by atoms with Gasteiger partial charge in [0.15, 0.2) is 0 Å². The van der Waals surface area contributed by atoms with E-state index in [1.54, 1.807) is 6.92 Å². The average molecular weight is 148 g/mol. The molecule has 5 heteroatoms. The van der Waals surface area contributed by atoms with Gasteiger partial charge in [-0.05, 0) is 6.42 Å². The fourth-order valence-corrected chi connectivity index (χ4v) is 0.214. The van der Waals surface area contributed by atoms with E-state index in [9.17, 15) is 9.59 Å². The number of carboxylic acids is 1. The van der Waals surface area contributed by atoms with Crippen molar-refractivity contribution in [3.8, 4) is 0 Å². The number of hydrogen-bond acceptors (Lipinski definition) is 4. The van der Waals surface area contributed by atoms with E-state index < -0.39 is 11.9 Å². The van der Waals surface area contributed by atoms with Crippen molar-refractivity contribution in [2.75, 3.05) is 6.61 Å². The van der Waals surface area contributed by atoms with E-state index in [0.29, 0.717) is 6.42 Å². The highest BCUT2D eigenvalue weighted by Crippen LogP contribution is 1.83. The molecule has 0 aromatic rings. The van der Waals surface area contributed by atoms with Crippen LogP contribution in [0.15, 0.2) is 0 Å². The van der Waals surface area contributed by atoms with E-state index in [-0.39, 0.29) is 6.61 Å². The van der Waals surface area contributed by atoms with Gasteiger partial charge in [-0.3, -0.25) is 4.89 Å². The average Bonchev–Trinajstić information content (AvgIpc) is 1.88. The molecule has 0 rings (SSSR count). The molecule has 0 unspecified atom stereocenters. The highest BCUT2D eigenvalue weighted by Gasteiger charge is 2.13. The van der Waals surface area contributed by atoms with E-state index in [1.807, 2.05) is 0 Å². The predicted octanol–water partition coefficient (Wildman–Crippen LogP) is -0.0442. The molecule has 0 aliphatic rings.